The third-order valence-electron chi connectivity index (χ3n) is 5.28. The van der Waals surface area contributed by atoms with Gasteiger partial charge in [-0.05, 0) is 26.0 Å². The van der Waals surface area contributed by atoms with Crippen LogP contribution in [0.15, 0.2) is 18.2 Å². The van der Waals surface area contributed by atoms with E-state index < -0.39 is 11.6 Å². The van der Waals surface area contributed by atoms with Gasteiger partial charge in [-0.2, -0.15) is 0 Å². The number of anilines is 1. The molecule has 1 aromatic rings. The molecule has 0 aliphatic carbocycles. The molecule has 0 saturated carbocycles. The maximum Gasteiger partial charge on any atom is 0.321 e. The summed E-state index contributed by atoms with van der Waals surface area (Å²) in [7, 11) is 0. The fourth-order valence-corrected chi connectivity index (χ4v) is 3.53. The van der Waals surface area contributed by atoms with Crippen molar-refractivity contribution in [2.45, 2.75) is 25.9 Å². The summed E-state index contributed by atoms with van der Waals surface area (Å²) >= 11 is 0. The van der Waals surface area contributed by atoms with E-state index in [4.69, 9.17) is 0 Å². The second-order valence-electron chi connectivity index (χ2n) is 7.47. The second-order valence-corrected chi connectivity index (χ2v) is 7.47. The number of amides is 3. The van der Waals surface area contributed by atoms with Gasteiger partial charge in [0.2, 0.25) is 5.91 Å². The quantitative estimate of drug-likeness (QED) is 0.810. The van der Waals surface area contributed by atoms with Crippen LogP contribution in [0.3, 0.4) is 0 Å². The molecule has 28 heavy (non-hydrogen) atoms. The summed E-state index contributed by atoms with van der Waals surface area (Å²) in [6, 6.07) is 3.01. The van der Waals surface area contributed by atoms with Gasteiger partial charge in [0.25, 0.3) is 0 Å². The van der Waals surface area contributed by atoms with Crippen molar-refractivity contribution in [3.05, 3.63) is 29.8 Å². The highest BCUT2D eigenvalue weighted by Gasteiger charge is 2.32. The van der Waals surface area contributed by atoms with Crippen LogP contribution in [0.2, 0.25) is 0 Å². The Hall–Kier alpha value is -2.26. The number of piperazine rings is 2. The Balaban J connectivity index is 1.50. The summed E-state index contributed by atoms with van der Waals surface area (Å²) in [5.74, 6) is -1.91. The number of carbonyl (C=O) groups is 2. The van der Waals surface area contributed by atoms with Gasteiger partial charge in [0.15, 0.2) is 11.6 Å². The minimum atomic E-state index is -1.01. The van der Waals surface area contributed by atoms with Crippen LogP contribution >= 0.6 is 0 Å². The molecule has 1 aromatic carbocycles. The van der Waals surface area contributed by atoms with Gasteiger partial charge in [0.05, 0.1) is 6.04 Å². The van der Waals surface area contributed by atoms with E-state index in [0.29, 0.717) is 38.8 Å². The molecule has 0 unspecified atom stereocenters. The molecule has 2 heterocycles. The zero-order chi connectivity index (χ0) is 20.3. The van der Waals surface area contributed by atoms with E-state index in [-0.39, 0.29) is 23.7 Å². The Morgan fingerprint density at radius 1 is 1.07 bits per heavy atom. The van der Waals surface area contributed by atoms with Crippen LogP contribution in [0.1, 0.15) is 13.8 Å². The number of rotatable bonds is 3. The lowest BCUT2D eigenvalue weighted by Gasteiger charge is -2.40. The fraction of sp³-hybridized carbons (Fsp3) is 0.579. The number of carbonyl (C=O) groups excluding carboxylic acids is 2. The highest BCUT2D eigenvalue weighted by molar-refractivity contribution is 5.89. The molecule has 2 fully saturated rings. The molecule has 154 valence electrons. The van der Waals surface area contributed by atoms with Gasteiger partial charge in [-0.1, -0.05) is 0 Å². The average Bonchev–Trinajstić information content (AvgIpc) is 2.70. The van der Waals surface area contributed by atoms with Crippen molar-refractivity contribution in [1.82, 2.24) is 20.0 Å². The molecular formula is C19H27F2N5O2. The third-order valence-corrected chi connectivity index (χ3v) is 5.28. The van der Waals surface area contributed by atoms with Crippen molar-refractivity contribution in [2.24, 2.45) is 0 Å². The molecule has 9 heteroatoms. The topological polar surface area (TPSA) is 67.9 Å². The Labute approximate surface area is 163 Å². The number of halogens is 2. The summed E-state index contributed by atoms with van der Waals surface area (Å²) in [5, 5.41) is 5.85. The van der Waals surface area contributed by atoms with Crippen molar-refractivity contribution >= 4 is 17.6 Å². The van der Waals surface area contributed by atoms with Crippen molar-refractivity contribution in [1.29, 1.82) is 0 Å². The molecule has 0 bridgehead atoms. The predicted molar refractivity (Wildman–Crippen MR) is 102 cm³/mol. The lowest BCUT2D eigenvalue weighted by Crippen LogP contribution is -2.61. The van der Waals surface area contributed by atoms with Crippen LogP contribution < -0.4 is 10.6 Å². The summed E-state index contributed by atoms with van der Waals surface area (Å²) in [6.07, 6.45) is 0. The number of nitrogens with zero attached hydrogens (tertiary/aromatic N) is 3. The first-order valence-electron chi connectivity index (χ1n) is 9.62. The second kappa shape index (κ2) is 8.83. The van der Waals surface area contributed by atoms with E-state index in [1.54, 1.807) is 9.80 Å². The molecule has 0 spiro atoms. The minimum absolute atomic E-state index is 0.0611. The van der Waals surface area contributed by atoms with Crippen molar-refractivity contribution in [2.75, 3.05) is 51.1 Å². The van der Waals surface area contributed by atoms with E-state index in [9.17, 15) is 18.4 Å². The lowest BCUT2D eigenvalue weighted by molar-refractivity contribution is -0.136. The first kappa shape index (κ1) is 20.5. The summed E-state index contributed by atoms with van der Waals surface area (Å²) in [4.78, 5) is 30.8. The standard InChI is InChI=1S/C19H27F2N5O2/c1-13(2)26-6-5-22-17(12-26)18(27)24-7-9-25(10-8-24)19(28)23-14-3-4-15(20)16(21)11-14/h3-4,11,13,17,22H,5-10,12H2,1-2H3,(H,23,28)/t17-/m1/s1. The van der Waals surface area contributed by atoms with Crippen LogP contribution in [0, 0.1) is 11.6 Å². The van der Waals surface area contributed by atoms with Gasteiger partial charge >= 0.3 is 6.03 Å². The average molecular weight is 395 g/mol. The van der Waals surface area contributed by atoms with E-state index in [1.165, 1.54) is 6.07 Å². The number of nitrogens with one attached hydrogen (secondary N) is 2. The molecule has 0 radical (unpaired) electrons. The summed E-state index contributed by atoms with van der Waals surface area (Å²) in [6.45, 7) is 8.32. The van der Waals surface area contributed by atoms with Gasteiger partial charge in [-0.15, -0.1) is 0 Å². The molecular weight excluding hydrogens is 368 g/mol. The lowest BCUT2D eigenvalue weighted by atomic mass is 10.1. The fourth-order valence-electron chi connectivity index (χ4n) is 3.53. The van der Waals surface area contributed by atoms with Gasteiger partial charge in [-0.25, -0.2) is 13.6 Å². The number of hydrogen-bond donors (Lipinski definition) is 2. The number of benzene rings is 1. The van der Waals surface area contributed by atoms with Crippen LogP contribution in [0.25, 0.3) is 0 Å². The normalized spacial score (nSPS) is 21.1. The largest absolute Gasteiger partial charge is 0.338 e. The molecule has 2 aliphatic rings. The van der Waals surface area contributed by atoms with Crippen LogP contribution in [-0.2, 0) is 4.79 Å². The van der Waals surface area contributed by atoms with E-state index in [0.717, 1.165) is 25.2 Å². The molecule has 2 N–H and O–H groups in total. The van der Waals surface area contributed by atoms with Crippen molar-refractivity contribution in [3.63, 3.8) is 0 Å². The number of urea groups is 1. The van der Waals surface area contributed by atoms with Gasteiger partial charge < -0.3 is 20.4 Å². The maximum absolute atomic E-state index is 13.3. The Kier molecular flexibility index (Phi) is 6.46. The molecule has 2 aliphatic heterocycles. The monoisotopic (exact) mass is 395 g/mol. The van der Waals surface area contributed by atoms with Gasteiger partial charge in [0.1, 0.15) is 0 Å². The molecule has 2 saturated heterocycles. The van der Waals surface area contributed by atoms with Gasteiger partial charge in [-0.3, -0.25) is 9.69 Å². The zero-order valence-corrected chi connectivity index (χ0v) is 16.3. The SMILES string of the molecule is CC(C)N1CCN[C@@H](C(=O)N2CCN(C(=O)Nc3ccc(F)c(F)c3)CC2)C1. The molecule has 3 amide bonds. The highest BCUT2D eigenvalue weighted by Crippen LogP contribution is 2.15. The molecule has 1 atom stereocenters. The van der Waals surface area contributed by atoms with Crippen molar-refractivity contribution < 1.29 is 18.4 Å². The summed E-state index contributed by atoms with van der Waals surface area (Å²) < 4.78 is 26.3. The number of hydrogen-bond acceptors (Lipinski definition) is 4. The van der Waals surface area contributed by atoms with Crippen LogP contribution in [0.4, 0.5) is 19.3 Å². The van der Waals surface area contributed by atoms with Gasteiger partial charge in [0, 0.05) is 63.6 Å². The first-order valence-corrected chi connectivity index (χ1v) is 9.62. The zero-order valence-electron chi connectivity index (χ0n) is 16.3. The minimum Gasteiger partial charge on any atom is -0.338 e. The van der Waals surface area contributed by atoms with Crippen LogP contribution in [-0.4, -0.2) is 84.5 Å². The Morgan fingerprint density at radius 3 is 2.39 bits per heavy atom. The van der Waals surface area contributed by atoms with E-state index >= 15 is 0 Å². The third kappa shape index (κ3) is 4.77. The highest BCUT2D eigenvalue weighted by atomic mass is 19.2. The Bertz CT molecular complexity index is 722. The first-order chi connectivity index (χ1) is 13.3. The van der Waals surface area contributed by atoms with E-state index in [1.807, 2.05) is 0 Å². The maximum atomic E-state index is 13.3. The molecule has 0 aromatic heterocycles. The summed E-state index contributed by atoms with van der Waals surface area (Å²) in [5.41, 5.74) is 0.197. The van der Waals surface area contributed by atoms with Crippen molar-refractivity contribution in [3.8, 4) is 0 Å². The smallest absolute Gasteiger partial charge is 0.321 e. The van der Waals surface area contributed by atoms with E-state index in [2.05, 4.69) is 29.4 Å². The predicted octanol–water partition coefficient (Wildman–Crippen LogP) is 1.32. The van der Waals surface area contributed by atoms with Crippen LogP contribution in [0.5, 0.6) is 0 Å². The Morgan fingerprint density at radius 2 is 1.75 bits per heavy atom. The molecule has 7 nitrogen and oxygen atoms in total. The molecule has 3 rings (SSSR count).